The van der Waals surface area contributed by atoms with Gasteiger partial charge in [0.2, 0.25) is 5.91 Å². The molecule has 0 aliphatic heterocycles. The van der Waals surface area contributed by atoms with E-state index in [0.29, 0.717) is 16.4 Å². The second kappa shape index (κ2) is 6.97. The summed E-state index contributed by atoms with van der Waals surface area (Å²) in [4.78, 5) is 26.6. The van der Waals surface area contributed by atoms with E-state index < -0.39 is 30.2 Å². The molecule has 2 rings (SSSR count). The molecule has 1 aromatic carbocycles. The maximum Gasteiger partial charge on any atom is 0.434 e. The molecule has 5 nitrogen and oxygen atoms in total. The lowest BCUT2D eigenvalue weighted by Gasteiger charge is -2.05. The van der Waals surface area contributed by atoms with E-state index in [9.17, 15) is 22.8 Å². The molecule has 23 heavy (non-hydrogen) atoms. The Hall–Kier alpha value is -2.13. The SMILES string of the molecule is O=C(CNC(=O)c1cccc(Cl)c1)Nc1nc(C(F)(F)F)cs1. The van der Waals surface area contributed by atoms with E-state index in [1.807, 2.05) is 0 Å². The monoisotopic (exact) mass is 363 g/mol. The van der Waals surface area contributed by atoms with Crippen molar-refractivity contribution in [1.82, 2.24) is 10.3 Å². The van der Waals surface area contributed by atoms with Crippen LogP contribution < -0.4 is 10.6 Å². The highest BCUT2D eigenvalue weighted by atomic mass is 35.5. The number of anilines is 1. The number of aromatic nitrogens is 1. The number of thiazole rings is 1. The fourth-order valence-corrected chi connectivity index (χ4v) is 2.44. The number of hydrogen-bond donors (Lipinski definition) is 2. The third kappa shape index (κ3) is 4.93. The highest BCUT2D eigenvalue weighted by molar-refractivity contribution is 7.13. The van der Waals surface area contributed by atoms with E-state index in [0.717, 1.165) is 5.38 Å². The Labute approximate surface area is 137 Å². The number of amides is 2. The number of carbonyl (C=O) groups excluding carboxylic acids is 2. The molecule has 2 aromatic rings. The quantitative estimate of drug-likeness (QED) is 0.876. The van der Waals surface area contributed by atoms with E-state index in [2.05, 4.69) is 15.6 Å². The molecule has 0 unspecified atom stereocenters. The number of benzene rings is 1. The van der Waals surface area contributed by atoms with Gasteiger partial charge >= 0.3 is 6.18 Å². The van der Waals surface area contributed by atoms with Crippen LogP contribution in [0.15, 0.2) is 29.6 Å². The Morgan fingerprint density at radius 1 is 1.30 bits per heavy atom. The first kappa shape index (κ1) is 17.2. The van der Waals surface area contributed by atoms with Crippen molar-refractivity contribution >= 4 is 39.9 Å². The van der Waals surface area contributed by atoms with E-state index >= 15 is 0 Å². The molecule has 0 atom stereocenters. The van der Waals surface area contributed by atoms with Crippen LogP contribution in [0.5, 0.6) is 0 Å². The van der Waals surface area contributed by atoms with E-state index in [-0.39, 0.29) is 10.7 Å². The Morgan fingerprint density at radius 2 is 2.04 bits per heavy atom. The van der Waals surface area contributed by atoms with Crippen LogP contribution in [0.4, 0.5) is 18.3 Å². The van der Waals surface area contributed by atoms with Crippen molar-refractivity contribution in [2.24, 2.45) is 0 Å². The molecule has 1 heterocycles. The molecule has 0 spiro atoms. The van der Waals surface area contributed by atoms with Crippen molar-refractivity contribution in [3.8, 4) is 0 Å². The summed E-state index contributed by atoms with van der Waals surface area (Å²) in [7, 11) is 0. The minimum atomic E-state index is -4.57. The largest absolute Gasteiger partial charge is 0.434 e. The zero-order valence-corrected chi connectivity index (χ0v) is 12.9. The molecule has 0 aliphatic carbocycles. The van der Waals surface area contributed by atoms with E-state index in [4.69, 9.17) is 11.6 Å². The molecule has 0 radical (unpaired) electrons. The molecule has 0 saturated heterocycles. The van der Waals surface area contributed by atoms with Crippen LogP contribution in [0.25, 0.3) is 0 Å². The standard InChI is InChI=1S/C13H9ClF3N3O2S/c14-8-3-1-2-7(4-8)11(22)18-5-10(21)20-12-19-9(6-23-12)13(15,16)17/h1-4,6H,5H2,(H,18,22)(H,19,20,21). The minimum absolute atomic E-state index is 0.195. The lowest BCUT2D eigenvalue weighted by atomic mass is 10.2. The first-order valence-electron chi connectivity index (χ1n) is 6.12. The maximum absolute atomic E-state index is 12.4. The number of rotatable bonds is 4. The Balaban J connectivity index is 1.88. The van der Waals surface area contributed by atoms with Gasteiger partial charge in [-0.05, 0) is 18.2 Å². The molecule has 1 aromatic heterocycles. The maximum atomic E-state index is 12.4. The summed E-state index contributed by atoms with van der Waals surface area (Å²) in [6.45, 7) is -0.410. The van der Waals surface area contributed by atoms with Crippen molar-refractivity contribution in [2.45, 2.75) is 6.18 Å². The van der Waals surface area contributed by atoms with Crippen molar-refractivity contribution in [1.29, 1.82) is 0 Å². The summed E-state index contributed by atoms with van der Waals surface area (Å²) in [6, 6.07) is 6.10. The predicted octanol–water partition coefficient (Wildman–Crippen LogP) is 3.18. The number of carbonyl (C=O) groups is 2. The molecule has 0 fully saturated rings. The molecule has 122 valence electrons. The lowest BCUT2D eigenvalue weighted by Crippen LogP contribution is -2.32. The van der Waals surface area contributed by atoms with Crippen molar-refractivity contribution in [2.75, 3.05) is 11.9 Å². The average molecular weight is 364 g/mol. The lowest BCUT2D eigenvalue weighted by molar-refractivity contribution is -0.140. The van der Waals surface area contributed by atoms with Crippen LogP contribution in [-0.4, -0.2) is 23.3 Å². The summed E-state index contributed by atoms with van der Waals surface area (Å²) in [5, 5.41) is 5.47. The molecule has 2 N–H and O–H groups in total. The normalized spacial score (nSPS) is 11.1. The average Bonchev–Trinajstić information content (AvgIpc) is 2.93. The van der Waals surface area contributed by atoms with Crippen molar-refractivity contribution in [3.63, 3.8) is 0 Å². The third-order valence-corrected chi connectivity index (χ3v) is 3.53. The van der Waals surface area contributed by atoms with Gasteiger partial charge in [-0.1, -0.05) is 17.7 Å². The summed E-state index contributed by atoms with van der Waals surface area (Å²) < 4.78 is 37.1. The van der Waals surface area contributed by atoms with Crippen LogP contribution in [0.1, 0.15) is 16.1 Å². The fraction of sp³-hybridized carbons (Fsp3) is 0.154. The first-order chi connectivity index (χ1) is 10.8. The van der Waals surface area contributed by atoms with Crippen LogP contribution in [0, 0.1) is 0 Å². The van der Waals surface area contributed by atoms with Crippen LogP contribution in [0.2, 0.25) is 5.02 Å². The highest BCUT2D eigenvalue weighted by Gasteiger charge is 2.33. The Bertz CT molecular complexity index is 733. The third-order valence-electron chi connectivity index (χ3n) is 2.54. The van der Waals surface area contributed by atoms with Crippen LogP contribution in [-0.2, 0) is 11.0 Å². The zero-order valence-electron chi connectivity index (χ0n) is 11.3. The van der Waals surface area contributed by atoms with Gasteiger partial charge in [-0.2, -0.15) is 13.2 Å². The number of halogens is 4. The van der Waals surface area contributed by atoms with Crippen molar-refractivity contribution < 1.29 is 22.8 Å². The predicted molar refractivity (Wildman–Crippen MR) is 79.5 cm³/mol. The van der Waals surface area contributed by atoms with Crippen LogP contribution in [0.3, 0.4) is 0 Å². The fourth-order valence-electron chi connectivity index (χ4n) is 1.52. The van der Waals surface area contributed by atoms with E-state index in [1.54, 1.807) is 12.1 Å². The van der Waals surface area contributed by atoms with Gasteiger partial charge in [-0.25, -0.2) is 4.98 Å². The van der Waals surface area contributed by atoms with Gasteiger partial charge in [-0.15, -0.1) is 11.3 Å². The van der Waals surface area contributed by atoms with Crippen LogP contribution >= 0.6 is 22.9 Å². The van der Waals surface area contributed by atoms with Gasteiger partial charge in [0, 0.05) is 16.0 Å². The summed E-state index contributed by atoms with van der Waals surface area (Å²) in [5.41, 5.74) is -0.820. The summed E-state index contributed by atoms with van der Waals surface area (Å²) in [5.74, 6) is -1.22. The molecule has 0 bridgehead atoms. The second-order valence-corrected chi connectivity index (χ2v) is 5.57. The Morgan fingerprint density at radius 3 is 2.65 bits per heavy atom. The topological polar surface area (TPSA) is 71.1 Å². The Kier molecular flexibility index (Phi) is 5.22. The smallest absolute Gasteiger partial charge is 0.343 e. The summed E-state index contributed by atoms with van der Waals surface area (Å²) in [6.07, 6.45) is -4.57. The van der Waals surface area contributed by atoms with Gasteiger partial charge in [-0.3, -0.25) is 9.59 Å². The van der Waals surface area contributed by atoms with Gasteiger partial charge in [0.15, 0.2) is 10.8 Å². The molecule has 0 saturated carbocycles. The van der Waals surface area contributed by atoms with Gasteiger partial charge in [0.05, 0.1) is 6.54 Å². The number of nitrogens with one attached hydrogen (secondary N) is 2. The molecular formula is C13H9ClF3N3O2S. The summed E-state index contributed by atoms with van der Waals surface area (Å²) >= 11 is 6.38. The first-order valence-corrected chi connectivity index (χ1v) is 7.38. The number of hydrogen-bond acceptors (Lipinski definition) is 4. The van der Waals surface area contributed by atoms with Gasteiger partial charge < -0.3 is 10.6 Å². The van der Waals surface area contributed by atoms with Gasteiger partial charge in [0.1, 0.15) is 0 Å². The molecular weight excluding hydrogens is 355 g/mol. The van der Waals surface area contributed by atoms with Crippen molar-refractivity contribution in [3.05, 3.63) is 45.9 Å². The molecule has 2 amide bonds. The highest BCUT2D eigenvalue weighted by Crippen LogP contribution is 2.31. The molecule has 10 heteroatoms. The minimum Gasteiger partial charge on any atom is -0.343 e. The molecule has 0 aliphatic rings. The van der Waals surface area contributed by atoms with E-state index in [1.165, 1.54) is 12.1 Å². The zero-order chi connectivity index (χ0) is 17.0. The number of alkyl halides is 3. The van der Waals surface area contributed by atoms with Gasteiger partial charge in [0.25, 0.3) is 5.91 Å². The number of nitrogens with zero attached hydrogens (tertiary/aromatic N) is 1. The second-order valence-electron chi connectivity index (χ2n) is 4.28.